The molecule has 0 saturated carbocycles. The van der Waals surface area contributed by atoms with E-state index in [1.807, 2.05) is 78.9 Å². The van der Waals surface area contributed by atoms with Crippen LogP contribution in [0.25, 0.3) is 28.3 Å². The van der Waals surface area contributed by atoms with Crippen LogP contribution in [0.3, 0.4) is 0 Å². The third-order valence-electron chi connectivity index (χ3n) is 6.15. The van der Waals surface area contributed by atoms with Crippen molar-refractivity contribution in [2.75, 3.05) is 4.90 Å². The molecule has 156 valence electrons. The minimum atomic E-state index is -0.333. The lowest BCUT2D eigenvalue weighted by molar-refractivity contribution is -0.122. The van der Waals surface area contributed by atoms with Gasteiger partial charge < -0.3 is 0 Å². The largest absolute Gasteiger partial charge is 0.274 e. The van der Waals surface area contributed by atoms with Gasteiger partial charge >= 0.3 is 0 Å². The van der Waals surface area contributed by atoms with Crippen LogP contribution < -0.4 is 4.90 Å². The first-order valence-electron chi connectivity index (χ1n) is 10.6. The van der Waals surface area contributed by atoms with Crippen LogP contribution >= 0.6 is 0 Å². The molecule has 2 amide bonds. The minimum absolute atomic E-state index is 0.0873. The van der Waals surface area contributed by atoms with Gasteiger partial charge in [0.05, 0.1) is 23.2 Å². The summed E-state index contributed by atoms with van der Waals surface area (Å²) in [5.41, 5.74) is 3.41. The number of fused-ring (bicyclic) bond motifs is 2. The van der Waals surface area contributed by atoms with Gasteiger partial charge in [0.15, 0.2) is 0 Å². The lowest BCUT2D eigenvalue weighted by Gasteiger charge is -2.14. The SMILES string of the molecule is O=C1[C@H]2CC=CC[C@@H]2C(=O)N1c1nc2nc(-c3ccccc3)cc(-c3ccccc3)n2n1. The first-order chi connectivity index (χ1) is 15.7. The van der Waals surface area contributed by atoms with Crippen molar-refractivity contribution in [2.24, 2.45) is 11.8 Å². The normalized spacial score (nSPS) is 20.2. The van der Waals surface area contributed by atoms with E-state index in [0.717, 1.165) is 27.4 Å². The zero-order valence-corrected chi connectivity index (χ0v) is 17.1. The molecule has 1 aliphatic carbocycles. The summed E-state index contributed by atoms with van der Waals surface area (Å²) in [6, 6.07) is 21.6. The van der Waals surface area contributed by atoms with Gasteiger partial charge in [0, 0.05) is 11.1 Å². The Hall–Kier alpha value is -4.13. The molecule has 2 aliphatic rings. The summed E-state index contributed by atoms with van der Waals surface area (Å²) in [4.78, 5) is 36.4. The van der Waals surface area contributed by atoms with Gasteiger partial charge in [0.2, 0.25) is 11.8 Å². The second kappa shape index (κ2) is 7.23. The van der Waals surface area contributed by atoms with Crippen molar-refractivity contribution in [1.29, 1.82) is 0 Å². The Bertz CT molecular complexity index is 1350. The number of imide groups is 1. The van der Waals surface area contributed by atoms with Crippen LogP contribution in [0.1, 0.15) is 12.8 Å². The zero-order chi connectivity index (χ0) is 21.7. The summed E-state index contributed by atoms with van der Waals surface area (Å²) in [5.74, 6) is -0.700. The van der Waals surface area contributed by atoms with E-state index < -0.39 is 0 Å². The van der Waals surface area contributed by atoms with E-state index >= 15 is 0 Å². The van der Waals surface area contributed by atoms with Crippen LogP contribution in [0.4, 0.5) is 5.95 Å². The van der Waals surface area contributed by atoms with Crippen LogP contribution in [0, 0.1) is 11.8 Å². The van der Waals surface area contributed by atoms with Gasteiger partial charge in [-0.15, -0.1) is 5.10 Å². The molecule has 6 rings (SSSR count). The number of benzene rings is 2. The van der Waals surface area contributed by atoms with Gasteiger partial charge in [-0.05, 0) is 18.9 Å². The van der Waals surface area contributed by atoms with Crippen LogP contribution in [-0.2, 0) is 9.59 Å². The molecular weight excluding hydrogens is 402 g/mol. The van der Waals surface area contributed by atoms with Crippen molar-refractivity contribution >= 4 is 23.5 Å². The van der Waals surface area contributed by atoms with Crippen molar-refractivity contribution in [3.63, 3.8) is 0 Å². The van der Waals surface area contributed by atoms with Gasteiger partial charge in [-0.25, -0.2) is 9.88 Å². The molecule has 2 aromatic carbocycles. The van der Waals surface area contributed by atoms with Crippen molar-refractivity contribution in [1.82, 2.24) is 19.6 Å². The molecule has 7 nitrogen and oxygen atoms in total. The lowest BCUT2D eigenvalue weighted by atomic mass is 9.85. The summed E-state index contributed by atoms with van der Waals surface area (Å²) < 4.78 is 1.61. The maximum absolute atomic E-state index is 13.0. The molecule has 7 heteroatoms. The number of rotatable bonds is 3. The van der Waals surface area contributed by atoms with Crippen molar-refractivity contribution in [3.8, 4) is 22.5 Å². The topological polar surface area (TPSA) is 80.5 Å². The monoisotopic (exact) mass is 421 g/mol. The maximum atomic E-state index is 13.0. The number of allylic oxidation sites excluding steroid dienone is 2. The standard InChI is InChI=1S/C25H19N5O2/c31-22-18-13-7-8-14-19(18)23(32)29(22)25-27-24-26-20(16-9-3-1-4-10-16)15-21(30(24)28-25)17-11-5-2-6-12-17/h1-12,15,18-19H,13-14H2/t18-,19-/m0/s1. The predicted octanol–water partition coefficient (Wildman–Crippen LogP) is 3.91. The molecule has 1 saturated heterocycles. The van der Waals surface area contributed by atoms with Gasteiger partial charge in [-0.3, -0.25) is 9.59 Å². The Balaban J connectivity index is 1.52. The molecule has 32 heavy (non-hydrogen) atoms. The molecule has 2 aromatic heterocycles. The highest BCUT2D eigenvalue weighted by atomic mass is 16.2. The average molecular weight is 421 g/mol. The summed E-state index contributed by atoms with van der Waals surface area (Å²) in [6.07, 6.45) is 5.08. The van der Waals surface area contributed by atoms with Crippen LogP contribution in [0.2, 0.25) is 0 Å². The Morgan fingerprint density at radius 2 is 1.34 bits per heavy atom. The Kier molecular flexibility index (Phi) is 4.21. The molecular formula is C25H19N5O2. The van der Waals surface area contributed by atoms with E-state index in [9.17, 15) is 9.59 Å². The quantitative estimate of drug-likeness (QED) is 0.370. The zero-order valence-electron chi connectivity index (χ0n) is 17.1. The van der Waals surface area contributed by atoms with Crippen LogP contribution in [0.5, 0.6) is 0 Å². The third-order valence-corrected chi connectivity index (χ3v) is 6.15. The molecule has 3 heterocycles. The minimum Gasteiger partial charge on any atom is -0.274 e. The average Bonchev–Trinajstić information content (AvgIpc) is 3.38. The van der Waals surface area contributed by atoms with Gasteiger partial charge in [-0.2, -0.15) is 9.50 Å². The number of carbonyl (C=O) groups is 2. The number of hydrogen-bond donors (Lipinski definition) is 0. The summed E-state index contributed by atoms with van der Waals surface area (Å²) >= 11 is 0. The van der Waals surface area contributed by atoms with E-state index in [-0.39, 0.29) is 29.6 Å². The molecule has 0 spiro atoms. The maximum Gasteiger partial charge on any atom is 0.260 e. The molecule has 2 atom stereocenters. The summed E-state index contributed by atoms with van der Waals surface area (Å²) in [7, 11) is 0. The first kappa shape index (κ1) is 18.6. The van der Waals surface area contributed by atoms with E-state index in [0.29, 0.717) is 18.6 Å². The number of hydrogen-bond acceptors (Lipinski definition) is 5. The highest BCUT2D eigenvalue weighted by molar-refractivity contribution is 6.21. The lowest BCUT2D eigenvalue weighted by Crippen LogP contribution is -2.32. The Morgan fingerprint density at radius 3 is 1.97 bits per heavy atom. The number of aromatic nitrogens is 4. The molecule has 0 bridgehead atoms. The predicted molar refractivity (Wildman–Crippen MR) is 120 cm³/mol. The van der Waals surface area contributed by atoms with Gasteiger partial charge in [-0.1, -0.05) is 72.8 Å². The molecule has 0 N–H and O–H groups in total. The van der Waals surface area contributed by atoms with Crippen LogP contribution in [0.15, 0.2) is 78.9 Å². The highest BCUT2D eigenvalue weighted by Gasteiger charge is 2.49. The Labute approximate surface area is 184 Å². The molecule has 0 unspecified atom stereocenters. The van der Waals surface area contributed by atoms with Crippen molar-refractivity contribution in [2.45, 2.75) is 12.8 Å². The second-order valence-corrected chi connectivity index (χ2v) is 8.05. The molecule has 0 radical (unpaired) electrons. The number of carbonyl (C=O) groups excluding carboxylic acids is 2. The fraction of sp³-hybridized carbons (Fsp3) is 0.160. The number of anilines is 1. The fourth-order valence-electron chi connectivity index (χ4n) is 4.52. The van der Waals surface area contributed by atoms with E-state index in [2.05, 4.69) is 10.1 Å². The first-order valence-corrected chi connectivity index (χ1v) is 10.6. The molecule has 4 aromatic rings. The van der Waals surface area contributed by atoms with Gasteiger partial charge in [0.25, 0.3) is 11.7 Å². The second-order valence-electron chi connectivity index (χ2n) is 8.05. The van der Waals surface area contributed by atoms with E-state index in [4.69, 9.17) is 4.98 Å². The summed E-state index contributed by atoms with van der Waals surface area (Å²) in [6.45, 7) is 0. The van der Waals surface area contributed by atoms with Crippen molar-refractivity contribution < 1.29 is 9.59 Å². The fourth-order valence-corrected chi connectivity index (χ4v) is 4.52. The van der Waals surface area contributed by atoms with Crippen LogP contribution in [-0.4, -0.2) is 31.4 Å². The van der Waals surface area contributed by atoms with E-state index in [1.165, 1.54) is 0 Å². The van der Waals surface area contributed by atoms with E-state index in [1.54, 1.807) is 4.52 Å². The number of amides is 2. The molecule has 1 fully saturated rings. The third kappa shape index (κ3) is 2.85. The number of nitrogens with zero attached hydrogens (tertiary/aromatic N) is 5. The highest BCUT2D eigenvalue weighted by Crippen LogP contribution is 2.37. The summed E-state index contributed by atoms with van der Waals surface area (Å²) in [5, 5.41) is 4.57. The smallest absolute Gasteiger partial charge is 0.260 e. The molecule has 1 aliphatic heterocycles. The van der Waals surface area contributed by atoms with Crippen molar-refractivity contribution in [3.05, 3.63) is 78.9 Å². The Morgan fingerprint density at radius 1 is 0.750 bits per heavy atom. The van der Waals surface area contributed by atoms with Gasteiger partial charge in [0.1, 0.15) is 0 Å².